The topological polar surface area (TPSA) is 61.8 Å². The van der Waals surface area contributed by atoms with Gasteiger partial charge >= 0.3 is 5.97 Å². The first kappa shape index (κ1) is 13.5. The molecule has 0 radical (unpaired) electrons. The predicted molar refractivity (Wildman–Crippen MR) is 62.8 cm³/mol. The molecule has 0 aromatic heterocycles. The van der Waals surface area contributed by atoms with Gasteiger partial charge in [0.1, 0.15) is 11.7 Å². The van der Waals surface area contributed by atoms with Crippen molar-refractivity contribution in [2.75, 3.05) is 20.3 Å². The van der Waals surface area contributed by atoms with Crippen LogP contribution in [0.15, 0.2) is 0 Å². The SMILES string of the molecule is COC(=O)C(C(C)=O)[C@@H]1CCCC2(C1)OCCO2. The molecule has 102 valence electrons. The molecule has 2 fully saturated rings. The Hall–Kier alpha value is -0.940. The Morgan fingerprint density at radius 3 is 2.56 bits per heavy atom. The van der Waals surface area contributed by atoms with Crippen molar-refractivity contribution in [3.63, 3.8) is 0 Å². The first-order valence-electron chi connectivity index (χ1n) is 6.44. The summed E-state index contributed by atoms with van der Waals surface area (Å²) in [6.07, 6.45) is 3.20. The van der Waals surface area contributed by atoms with Crippen molar-refractivity contribution >= 4 is 11.8 Å². The molecule has 5 nitrogen and oxygen atoms in total. The summed E-state index contributed by atoms with van der Waals surface area (Å²) >= 11 is 0. The number of hydrogen-bond donors (Lipinski definition) is 0. The number of ketones is 1. The second kappa shape index (κ2) is 5.36. The van der Waals surface area contributed by atoms with Gasteiger partial charge in [0.15, 0.2) is 5.79 Å². The number of ether oxygens (including phenoxy) is 3. The summed E-state index contributed by atoms with van der Waals surface area (Å²) in [5.41, 5.74) is 0. The lowest BCUT2D eigenvalue weighted by Crippen LogP contribution is -2.42. The number of carbonyl (C=O) groups is 2. The normalized spacial score (nSPS) is 28.0. The van der Waals surface area contributed by atoms with Gasteiger partial charge in [0.05, 0.1) is 20.3 Å². The Morgan fingerprint density at radius 2 is 2.00 bits per heavy atom. The average molecular weight is 256 g/mol. The predicted octanol–water partition coefficient (Wildman–Crippen LogP) is 1.30. The van der Waals surface area contributed by atoms with Gasteiger partial charge in [0.25, 0.3) is 0 Å². The highest BCUT2D eigenvalue weighted by molar-refractivity contribution is 5.98. The second-order valence-electron chi connectivity index (χ2n) is 5.08. The van der Waals surface area contributed by atoms with Crippen LogP contribution >= 0.6 is 0 Å². The highest BCUT2D eigenvalue weighted by atomic mass is 16.7. The number of carbonyl (C=O) groups excluding carboxylic acids is 2. The first-order valence-corrected chi connectivity index (χ1v) is 6.44. The summed E-state index contributed by atoms with van der Waals surface area (Å²) in [7, 11) is 1.32. The van der Waals surface area contributed by atoms with Crippen LogP contribution in [0.4, 0.5) is 0 Å². The minimum absolute atomic E-state index is 0.0400. The van der Waals surface area contributed by atoms with Crippen LogP contribution in [0.2, 0.25) is 0 Å². The minimum atomic E-state index is -0.681. The largest absolute Gasteiger partial charge is 0.468 e. The summed E-state index contributed by atoms with van der Waals surface area (Å²) in [5.74, 6) is -1.86. The lowest BCUT2D eigenvalue weighted by Gasteiger charge is -2.38. The van der Waals surface area contributed by atoms with Gasteiger partial charge in [-0.2, -0.15) is 0 Å². The highest BCUT2D eigenvalue weighted by Crippen LogP contribution is 2.42. The van der Waals surface area contributed by atoms with Crippen LogP contribution in [0.1, 0.15) is 32.6 Å². The Labute approximate surface area is 107 Å². The van der Waals surface area contributed by atoms with E-state index in [4.69, 9.17) is 14.2 Å². The number of rotatable bonds is 3. The molecule has 1 heterocycles. The van der Waals surface area contributed by atoms with Gasteiger partial charge in [0, 0.05) is 12.8 Å². The number of methoxy groups -OCH3 is 1. The van der Waals surface area contributed by atoms with E-state index in [1.54, 1.807) is 0 Å². The first-order chi connectivity index (χ1) is 8.58. The van der Waals surface area contributed by atoms with Crippen molar-refractivity contribution in [3.05, 3.63) is 0 Å². The molecule has 0 bridgehead atoms. The highest BCUT2D eigenvalue weighted by Gasteiger charge is 2.46. The van der Waals surface area contributed by atoms with E-state index in [1.807, 2.05) is 0 Å². The summed E-state index contributed by atoms with van der Waals surface area (Å²) in [5, 5.41) is 0. The van der Waals surface area contributed by atoms with Gasteiger partial charge in [-0.1, -0.05) is 0 Å². The third kappa shape index (κ3) is 2.57. The molecule has 0 aromatic rings. The van der Waals surface area contributed by atoms with Crippen molar-refractivity contribution in [1.29, 1.82) is 0 Å². The van der Waals surface area contributed by atoms with Crippen LogP contribution in [0.25, 0.3) is 0 Å². The second-order valence-corrected chi connectivity index (χ2v) is 5.08. The zero-order valence-corrected chi connectivity index (χ0v) is 10.9. The molecule has 1 aliphatic heterocycles. The van der Waals surface area contributed by atoms with Gasteiger partial charge in [-0.3, -0.25) is 9.59 Å². The number of Topliss-reactive ketones (excluding diaryl/α,β-unsaturated/α-hetero) is 1. The number of hydrogen-bond acceptors (Lipinski definition) is 5. The van der Waals surface area contributed by atoms with E-state index in [1.165, 1.54) is 14.0 Å². The van der Waals surface area contributed by atoms with E-state index >= 15 is 0 Å². The average Bonchev–Trinajstić information content (AvgIpc) is 2.77. The van der Waals surface area contributed by atoms with Crippen LogP contribution in [-0.2, 0) is 23.8 Å². The van der Waals surface area contributed by atoms with E-state index in [2.05, 4.69) is 0 Å². The van der Waals surface area contributed by atoms with E-state index in [-0.39, 0.29) is 11.7 Å². The van der Waals surface area contributed by atoms with Gasteiger partial charge in [-0.05, 0) is 25.7 Å². The Kier molecular flexibility index (Phi) is 4.02. The van der Waals surface area contributed by atoms with E-state index in [0.29, 0.717) is 19.6 Å². The minimum Gasteiger partial charge on any atom is -0.468 e. The number of esters is 1. The van der Waals surface area contributed by atoms with Gasteiger partial charge in [0.2, 0.25) is 0 Å². The lowest BCUT2D eigenvalue weighted by molar-refractivity contribution is -0.193. The fourth-order valence-corrected chi connectivity index (χ4v) is 3.10. The molecule has 1 unspecified atom stereocenters. The third-order valence-corrected chi connectivity index (χ3v) is 3.88. The van der Waals surface area contributed by atoms with Crippen molar-refractivity contribution < 1.29 is 23.8 Å². The zero-order chi connectivity index (χ0) is 13.2. The Balaban J connectivity index is 2.10. The van der Waals surface area contributed by atoms with Crippen LogP contribution in [0, 0.1) is 11.8 Å². The van der Waals surface area contributed by atoms with Crippen LogP contribution in [0.3, 0.4) is 0 Å². The molecule has 2 atom stereocenters. The maximum Gasteiger partial charge on any atom is 0.316 e. The van der Waals surface area contributed by atoms with E-state index < -0.39 is 17.7 Å². The molecule has 18 heavy (non-hydrogen) atoms. The molecule has 1 saturated heterocycles. The molecule has 0 aromatic carbocycles. The fraction of sp³-hybridized carbons (Fsp3) is 0.846. The van der Waals surface area contributed by atoms with E-state index in [0.717, 1.165) is 19.3 Å². The molecule has 0 N–H and O–H groups in total. The lowest BCUT2D eigenvalue weighted by atomic mass is 9.75. The van der Waals surface area contributed by atoms with Crippen molar-refractivity contribution in [2.45, 2.75) is 38.4 Å². The molecule has 0 amide bonds. The third-order valence-electron chi connectivity index (χ3n) is 3.88. The smallest absolute Gasteiger partial charge is 0.316 e. The van der Waals surface area contributed by atoms with E-state index in [9.17, 15) is 9.59 Å². The molecular weight excluding hydrogens is 236 g/mol. The molecule has 2 rings (SSSR count). The molecule has 1 spiro atoms. The van der Waals surface area contributed by atoms with Gasteiger partial charge in [-0.25, -0.2) is 0 Å². The molecular formula is C13H20O5. The molecule has 5 heteroatoms. The van der Waals surface area contributed by atoms with Crippen LogP contribution in [0.5, 0.6) is 0 Å². The maximum absolute atomic E-state index is 11.7. The summed E-state index contributed by atoms with van der Waals surface area (Å²) in [6.45, 7) is 2.63. The molecule has 2 aliphatic rings. The zero-order valence-electron chi connectivity index (χ0n) is 10.9. The fourth-order valence-electron chi connectivity index (χ4n) is 3.10. The molecule has 1 saturated carbocycles. The Bertz CT molecular complexity index is 332. The van der Waals surface area contributed by atoms with Crippen molar-refractivity contribution in [3.8, 4) is 0 Å². The monoisotopic (exact) mass is 256 g/mol. The summed E-state index contributed by atoms with van der Waals surface area (Å²) < 4.78 is 16.1. The van der Waals surface area contributed by atoms with Crippen molar-refractivity contribution in [1.82, 2.24) is 0 Å². The quantitative estimate of drug-likeness (QED) is 0.562. The summed E-state index contributed by atoms with van der Waals surface area (Å²) in [4.78, 5) is 23.4. The van der Waals surface area contributed by atoms with Crippen LogP contribution < -0.4 is 0 Å². The standard InChI is InChI=1S/C13H20O5/c1-9(14)11(12(15)16-2)10-4-3-5-13(8-10)17-6-7-18-13/h10-11H,3-8H2,1-2H3/t10-,11?/m1/s1. The summed E-state index contributed by atoms with van der Waals surface area (Å²) in [6, 6.07) is 0. The maximum atomic E-state index is 11.7. The van der Waals surface area contributed by atoms with Gasteiger partial charge < -0.3 is 14.2 Å². The Morgan fingerprint density at radius 1 is 1.33 bits per heavy atom. The van der Waals surface area contributed by atoms with Crippen LogP contribution in [-0.4, -0.2) is 37.9 Å². The van der Waals surface area contributed by atoms with Gasteiger partial charge in [-0.15, -0.1) is 0 Å². The molecule has 1 aliphatic carbocycles. The van der Waals surface area contributed by atoms with Crippen molar-refractivity contribution in [2.24, 2.45) is 11.8 Å².